The van der Waals surface area contributed by atoms with Crippen molar-refractivity contribution in [3.63, 3.8) is 0 Å². The first-order valence-electron chi connectivity index (χ1n) is 10.4. The van der Waals surface area contributed by atoms with Gasteiger partial charge in [0, 0.05) is 32.2 Å². The van der Waals surface area contributed by atoms with Crippen molar-refractivity contribution >= 4 is 35.8 Å². The van der Waals surface area contributed by atoms with Crippen molar-refractivity contribution in [2.24, 2.45) is 4.99 Å². The second-order valence-corrected chi connectivity index (χ2v) is 7.39. The van der Waals surface area contributed by atoms with Crippen LogP contribution in [0.3, 0.4) is 0 Å². The Morgan fingerprint density at radius 1 is 1.18 bits per heavy atom. The Balaban J connectivity index is 0.00000385. The van der Waals surface area contributed by atoms with Crippen LogP contribution in [-0.4, -0.2) is 50.1 Å². The zero-order valence-corrected chi connectivity index (χ0v) is 20.8. The summed E-state index contributed by atoms with van der Waals surface area (Å²) in [6.07, 6.45) is -4.89. The first-order valence-corrected chi connectivity index (χ1v) is 10.4. The maximum atomic E-state index is 13.1. The first kappa shape index (κ1) is 26.9. The molecule has 3 rings (SSSR count). The molecule has 1 saturated heterocycles. The van der Waals surface area contributed by atoms with E-state index in [1.165, 1.54) is 6.07 Å². The summed E-state index contributed by atoms with van der Waals surface area (Å²) in [6.45, 7) is 4.17. The minimum atomic E-state index is -4.40. The van der Waals surface area contributed by atoms with Gasteiger partial charge in [-0.1, -0.05) is 24.3 Å². The van der Waals surface area contributed by atoms with Crippen LogP contribution in [0.25, 0.3) is 0 Å². The van der Waals surface area contributed by atoms with E-state index in [1.54, 1.807) is 19.2 Å². The number of halogens is 4. The van der Waals surface area contributed by atoms with Gasteiger partial charge in [-0.15, -0.1) is 24.0 Å². The lowest BCUT2D eigenvalue weighted by molar-refractivity contribution is -0.137. The number of carbonyl (C=O) groups excluding carboxylic acids is 1. The third kappa shape index (κ3) is 7.32. The number of guanidine groups is 1. The van der Waals surface area contributed by atoms with Gasteiger partial charge in [-0.3, -0.25) is 9.79 Å². The minimum Gasteiger partial charge on any atom is -0.370 e. The lowest BCUT2D eigenvalue weighted by atomic mass is 10.0. The van der Waals surface area contributed by atoms with E-state index in [0.717, 1.165) is 17.7 Å². The van der Waals surface area contributed by atoms with Crippen LogP contribution >= 0.6 is 24.0 Å². The number of nitrogens with zero attached hydrogens (tertiary/aromatic N) is 2. The molecule has 1 atom stereocenters. The molecule has 1 unspecified atom stereocenters. The molecular formula is C23H28F3IN4O2. The summed E-state index contributed by atoms with van der Waals surface area (Å²) in [6, 6.07) is 12.5. The molecule has 1 heterocycles. The van der Waals surface area contributed by atoms with Gasteiger partial charge in [0.25, 0.3) is 5.91 Å². The van der Waals surface area contributed by atoms with Crippen LogP contribution in [0.15, 0.2) is 53.5 Å². The minimum absolute atomic E-state index is 0. The van der Waals surface area contributed by atoms with E-state index in [-0.39, 0.29) is 29.9 Å². The normalized spacial score (nSPS) is 16.7. The number of carbonyl (C=O) groups is 1. The number of amides is 1. The van der Waals surface area contributed by atoms with Crippen molar-refractivity contribution in [3.8, 4) is 0 Å². The molecule has 2 aromatic rings. The highest BCUT2D eigenvalue weighted by atomic mass is 127. The maximum absolute atomic E-state index is 13.1. The van der Waals surface area contributed by atoms with E-state index in [0.29, 0.717) is 49.9 Å². The van der Waals surface area contributed by atoms with E-state index in [1.807, 2.05) is 30.0 Å². The number of aliphatic imine (C=N–C) groups is 1. The Morgan fingerprint density at radius 2 is 1.94 bits per heavy atom. The van der Waals surface area contributed by atoms with Gasteiger partial charge in [0.2, 0.25) is 0 Å². The van der Waals surface area contributed by atoms with Crippen molar-refractivity contribution < 1.29 is 22.7 Å². The largest absolute Gasteiger partial charge is 0.416 e. The summed E-state index contributed by atoms with van der Waals surface area (Å²) in [4.78, 5) is 18.3. The molecule has 180 valence electrons. The predicted octanol–water partition coefficient (Wildman–Crippen LogP) is 4.22. The van der Waals surface area contributed by atoms with Gasteiger partial charge in [-0.2, -0.15) is 13.2 Å². The average molecular weight is 576 g/mol. The van der Waals surface area contributed by atoms with Gasteiger partial charge in [-0.05, 0) is 42.3 Å². The lowest BCUT2D eigenvalue weighted by Crippen LogP contribution is -2.48. The monoisotopic (exact) mass is 576 g/mol. The topological polar surface area (TPSA) is 66.0 Å². The third-order valence-corrected chi connectivity index (χ3v) is 5.14. The molecule has 1 aliphatic heterocycles. The fraction of sp³-hybridized carbons (Fsp3) is 0.391. The Bertz CT molecular complexity index is 969. The van der Waals surface area contributed by atoms with Crippen LogP contribution < -0.4 is 10.6 Å². The fourth-order valence-electron chi connectivity index (χ4n) is 3.56. The molecule has 6 nitrogen and oxygen atoms in total. The van der Waals surface area contributed by atoms with Gasteiger partial charge in [0.05, 0.1) is 18.7 Å². The highest BCUT2D eigenvalue weighted by Crippen LogP contribution is 2.32. The van der Waals surface area contributed by atoms with E-state index >= 15 is 0 Å². The molecule has 0 spiro atoms. The zero-order valence-electron chi connectivity index (χ0n) is 18.5. The molecule has 1 fully saturated rings. The molecule has 0 radical (unpaired) electrons. The van der Waals surface area contributed by atoms with Crippen molar-refractivity contribution in [2.45, 2.75) is 25.7 Å². The summed E-state index contributed by atoms with van der Waals surface area (Å²) >= 11 is 0. The lowest BCUT2D eigenvalue weighted by Gasteiger charge is -2.35. The van der Waals surface area contributed by atoms with E-state index < -0.39 is 17.8 Å². The van der Waals surface area contributed by atoms with Gasteiger partial charge in [-0.25, -0.2) is 0 Å². The van der Waals surface area contributed by atoms with Crippen LogP contribution in [0.1, 0.15) is 40.1 Å². The van der Waals surface area contributed by atoms with Crippen LogP contribution in [0, 0.1) is 0 Å². The third-order valence-electron chi connectivity index (χ3n) is 5.14. The zero-order chi connectivity index (χ0) is 23.1. The van der Waals surface area contributed by atoms with Crippen molar-refractivity contribution in [2.75, 3.05) is 33.3 Å². The highest BCUT2D eigenvalue weighted by Gasteiger charge is 2.32. The smallest absolute Gasteiger partial charge is 0.370 e. The SMILES string of the molecule is CCNC(=O)c1cccc(CNC(=NC)N2CCOC(c3cccc(C(F)(F)F)c3)C2)c1.I. The van der Waals surface area contributed by atoms with Crippen LogP contribution in [-0.2, 0) is 17.5 Å². The summed E-state index contributed by atoms with van der Waals surface area (Å²) < 4.78 is 45.0. The molecule has 10 heteroatoms. The quantitative estimate of drug-likeness (QED) is 0.318. The Morgan fingerprint density at radius 3 is 2.64 bits per heavy atom. The van der Waals surface area contributed by atoms with Crippen molar-refractivity contribution in [3.05, 3.63) is 70.8 Å². The number of benzene rings is 2. The van der Waals surface area contributed by atoms with Crippen LogP contribution in [0.2, 0.25) is 0 Å². The number of rotatable bonds is 5. The van der Waals surface area contributed by atoms with Crippen LogP contribution in [0.4, 0.5) is 13.2 Å². The number of morpholine rings is 1. The summed E-state index contributed by atoms with van der Waals surface area (Å²) in [5.74, 6) is 0.490. The van der Waals surface area contributed by atoms with E-state index in [2.05, 4.69) is 15.6 Å². The van der Waals surface area contributed by atoms with E-state index in [4.69, 9.17) is 4.74 Å². The summed E-state index contributed by atoms with van der Waals surface area (Å²) in [5, 5.41) is 6.04. The molecule has 1 amide bonds. The molecule has 0 aliphatic carbocycles. The van der Waals surface area contributed by atoms with Gasteiger partial charge in [0.1, 0.15) is 6.10 Å². The van der Waals surface area contributed by atoms with Gasteiger partial charge < -0.3 is 20.3 Å². The molecular weight excluding hydrogens is 548 g/mol. The predicted molar refractivity (Wildman–Crippen MR) is 132 cm³/mol. The first-order chi connectivity index (χ1) is 15.3. The molecule has 2 N–H and O–H groups in total. The van der Waals surface area contributed by atoms with Gasteiger partial charge >= 0.3 is 6.18 Å². The molecule has 0 bridgehead atoms. The molecule has 0 saturated carbocycles. The number of hydrogen-bond acceptors (Lipinski definition) is 3. The number of alkyl halides is 3. The standard InChI is InChI=1S/C23H27F3N4O2.HI/c1-3-28-21(31)18-8-4-6-16(12-18)14-29-22(27-2)30-10-11-32-20(15-30)17-7-5-9-19(13-17)23(24,25)26;/h4-9,12-13,20H,3,10-11,14-15H2,1-2H3,(H,27,29)(H,28,31);1H. The second-order valence-electron chi connectivity index (χ2n) is 7.39. The molecule has 1 aliphatic rings. The Hall–Kier alpha value is -2.34. The number of nitrogens with one attached hydrogen (secondary N) is 2. The van der Waals surface area contributed by atoms with Crippen molar-refractivity contribution in [1.29, 1.82) is 0 Å². The fourth-order valence-corrected chi connectivity index (χ4v) is 3.56. The Kier molecular flexibility index (Phi) is 9.96. The highest BCUT2D eigenvalue weighted by molar-refractivity contribution is 14.0. The molecule has 2 aromatic carbocycles. The van der Waals surface area contributed by atoms with Crippen molar-refractivity contribution in [1.82, 2.24) is 15.5 Å². The molecule has 33 heavy (non-hydrogen) atoms. The maximum Gasteiger partial charge on any atom is 0.416 e. The van der Waals surface area contributed by atoms with E-state index in [9.17, 15) is 18.0 Å². The number of hydrogen-bond donors (Lipinski definition) is 2. The average Bonchev–Trinajstić information content (AvgIpc) is 2.79. The van der Waals surface area contributed by atoms with Gasteiger partial charge in [0.15, 0.2) is 5.96 Å². The Labute approximate surface area is 208 Å². The molecule has 0 aromatic heterocycles. The van der Waals surface area contributed by atoms with Crippen LogP contribution in [0.5, 0.6) is 0 Å². The summed E-state index contributed by atoms with van der Waals surface area (Å²) in [5.41, 5.74) is 1.29. The second kappa shape index (κ2) is 12.2. The summed E-state index contributed by atoms with van der Waals surface area (Å²) in [7, 11) is 1.65. The number of ether oxygens (including phenoxy) is 1.